The molecular weight excluding hydrogens is 260 g/mol. The van der Waals surface area contributed by atoms with Gasteiger partial charge in [0.05, 0.1) is 18.1 Å². The standard InChI is InChI=1S/C15H17ClN2O/c1-10(2)14-5-4-13(6-11(14)3)19-9-12-7-18-15(16)8-17-12/h4-8,10H,9H2,1-3H3. The summed E-state index contributed by atoms with van der Waals surface area (Å²) in [6.45, 7) is 6.87. The number of ether oxygens (including phenoxy) is 1. The highest BCUT2D eigenvalue weighted by Gasteiger charge is 2.05. The summed E-state index contributed by atoms with van der Waals surface area (Å²) in [5.74, 6) is 1.37. The van der Waals surface area contributed by atoms with Crippen molar-refractivity contribution in [3.05, 3.63) is 52.6 Å². The van der Waals surface area contributed by atoms with Gasteiger partial charge < -0.3 is 4.74 Å². The molecule has 1 heterocycles. The van der Waals surface area contributed by atoms with E-state index in [9.17, 15) is 0 Å². The summed E-state index contributed by atoms with van der Waals surface area (Å²) in [5, 5.41) is 0.390. The maximum Gasteiger partial charge on any atom is 0.147 e. The maximum absolute atomic E-state index is 5.70. The van der Waals surface area contributed by atoms with E-state index in [1.165, 1.54) is 17.3 Å². The van der Waals surface area contributed by atoms with Crippen molar-refractivity contribution in [2.24, 2.45) is 0 Å². The Kier molecular flexibility index (Phi) is 4.38. The highest BCUT2D eigenvalue weighted by atomic mass is 35.5. The van der Waals surface area contributed by atoms with Crippen LogP contribution in [0.2, 0.25) is 5.15 Å². The van der Waals surface area contributed by atoms with E-state index in [-0.39, 0.29) is 0 Å². The number of halogens is 1. The Hall–Kier alpha value is -1.61. The second-order valence-corrected chi connectivity index (χ2v) is 5.18. The number of aromatic nitrogens is 2. The Morgan fingerprint density at radius 2 is 2.00 bits per heavy atom. The lowest BCUT2D eigenvalue weighted by molar-refractivity contribution is 0.300. The van der Waals surface area contributed by atoms with Gasteiger partial charge in [-0.2, -0.15) is 0 Å². The van der Waals surface area contributed by atoms with Crippen LogP contribution >= 0.6 is 11.6 Å². The third-order valence-corrected chi connectivity index (χ3v) is 3.12. The van der Waals surface area contributed by atoms with Gasteiger partial charge in [-0.3, -0.25) is 4.98 Å². The molecule has 0 aliphatic rings. The first-order valence-corrected chi connectivity index (χ1v) is 6.64. The zero-order chi connectivity index (χ0) is 13.8. The van der Waals surface area contributed by atoms with Crippen LogP contribution in [0.4, 0.5) is 0 Å². The first-order valence-electron chi connectivity index (χ1n) is 6.26. The zero-order valence-electron chi connectivity index (χ0n) is 11.4. The van der Waals surface area contributed by atoms with Crippen molar-refractivity contribution < 1.29 is 4.74 Å². The molecule has 0 saturated carbocycles. The fourth-order valence-corrected chi connectivity index (χ4v) is 2.05. The fraction of sp³-hybridized carbons (Fsp3) is 0.333. The van der Waals surface area contributed by atoms with Crippen LogP contribution in [-0.4, -0.2) is 9.97 Å². The van der Waals surface area contributed by atoms with Gasteiger partial charge in [-0.25, -0.2) is 4.98 Å². The smallest absolute Gasteiger partial charge is 0.147 e. The summed E-state index contributed by atoms with van der Waals surface area (Å²) in [4.78, 5) is 8.11. The summed E-state index contributed by atoms with van der Waals surface area (Å²) in [7, 11) is 0. The summed E-state index contributed by atoms with van der Waals surface area (Å²) in [6, 6.07) is 6.16. The second kappa shape index (κ2) is 6.02. The van der Waals surface area contributed by atoms with Gasteiger partial charge in [-0.15, -0.1) is 0 Å². The van der Waals surface area contributed by atoms with Crippen LogP contribution in [0.3, 0.4) is 0 Å². The Bertz CT molecular complexity index is 553. The molecule has 0 aliphatic heterocycles. The lowest BCUT2D eigenvalue weighted by Crippen LogP contribution is -2.00. The number of hydrogen-bond donors (Lipinski definition) is 0. The van der Waals surface area contributed by atoms with Crippen molar-refractivity contribution in [2.45, 2.75) is 33.3 Å². The molecule has 2 rings (SSSR count). The van der Waals surface area contributed by atoms with E-state index in [1.807, 2.05) is 6.07 Å². The summed E-state index contributed by atoms with van der Waals surface area (Å²) < 4.78 is 5.70. The molecule has 0 fully saturated rings. The fourth-order valence-electron chi connectivity index (χ4n) is 1.96. The van der Waals surface area contributed by atoms with Crippen molar-refractivity contribution in [1.29, 1.82) is 0 Å². The topological polar surface area (TPSA) is 35.0 Å². The number of nitrogens with zero attached hydrogens (tertiary/aromatic N) is 2. The van der Waals surface area contributed by atoms with Gasteiger partial charge in [0.25, 0.3) is 0 Å². The van der Waals surface area contributed by atoms with E-state index in [4.69, 9.17) is 16.3 Å². The van der Waals surface area contributed by atoms with Crippen molar-refractivity contribution in [1.82, 2.24) is 9.97 Å². The van der Waals surface area contributed by atoms with Gasteiger partial charge in [-0.05, 0) is 36.1 Å². The van der Waals surface area contributed by atoms with Gasteiger partial charge in [0.2, 0.25) is 0 Å². The number of hydrogen-bond acceptors (Lipinski definition) is 3. The van der Waals surface area contributed by atoms with Gasteiger partial charge >= 0.3 is 0 Å². The van der Waals surface area contributed by atoms with Gasteiger partial charge in [0.1, 0.15) is 17.5 Å². The van der Waals surface area contributed by atoms with Crippen LogP contribution in [0.1, 0.15) is 36.6 Å². The van der Waals surface area contributed by atoms with Gasteiger partial charge in [-0.1, -0.05) is 31.5 Å². The molecule has 0 radical (unpaired) electrons. The van der Waals surface area contributed by atoms with E-state index < -0.39 is 0 Å². The molecule has 3 nitrogen and oxygen atoms in total. The van der Waals surface area contributed by atoms with E-state index in [1.54, 1.807) is 6.20 Å². The van der Waals surface area contributed by atoms with Gasteiger partial charge in [0, 0.05) is 0 Å². The molecule has 2 aromatic rings. The lowest BCUT2D eigenvalue weighted by atomic mass is 9.98. The maximum atomic E-state index is 5.70. The average molecular weight is 277 g/mol. The molecule has 0 saturated heterocycles. The highest BCUT2D eigenvalue weighted by Crippen LogP contribution is 2.23. The van der Waals surface area contributed by atoms with Crippen LogP contribution in [0.5, 0.6) is 5.75 Å². The van der Waals surface area contributed by atoms with Crippen LogP contribution in [0, 0.1) is 6.92 Å². The summed E-state index contributed by atoms with van der Waals surface area (Å²) in [6.07, 6.45) is 3.14. The third kappa shape index (κ3) is 3.67. The average Bonchev–Trinajstić information content (AvgIpc) is 2.37. The minimum Gasteiger partial charge on any atom is -0.487 e. The quantitative estimate of drug-likeness (QED) is 0.842. The highest BCUT2D eigenvalue weighted by molar-refractivity contribution is 6.29. The zero-order valence-corrected chi connectivity index (χ0v) is 12.1. The largest absolute Gasteiger partial charge is 0.487 e. The normalized spacial score (nSPS) is 10.8. The van der Waals surface area contributed by atoms with Crippen molar-refractivity contribution in [3.8, 4) is 5.75 Å². The molecule has 0 unspecified atom stereocenters. The van der Waals surface area contributed by atoms with E-state index >= 15 is 0 Å². The summed E-state index contributed by atoms with van der Waals surface area (Å²) in [5.41, 5.74) is 3.35. The molecule has 0 bridgehead atoms. The Morgan fingerprint density at radius 1 is 1.21 bits per heavy atom. The van der Waals surface area contributed by atoms with E-state index in [0.717, 1.165) is 11.4 Å². The molecule has 1 aromatic carbocycles. The van der Waals surface area contributed by atoms with Gasteiger partial charge in [0.15, 0.2) is 0 Å². The molecule has 0 spiro atoms. The minimum atomic E-state index is 0.390. The Labute approximate surface area is 118 Å². The van der Waals surface area contributed by atoms with Crippen LogP contribution < -0.4 is 4.74 Å². The molecule has 0 N–H and O–H groups in total. The van der Waals surface area contributed by atoms with Crippen LogP contribution in [0.25, 0.3) is 0 Å². The second-order valence-electron chi connectivity index (χ2n) is 4.79. The molecule has 1 aromatic heterocycles. The number of aryl methyl sites for hydroxylation is 1. The predicted molar refractivity (Wildman–Crippen MR) is 76.6 cm³/mol. The van der Waals surface area contributed by atoms with E-state index in [0.29, 0.717) is 17.7 Å². The SMILES string of the molecule is Cc1cc(OCc2cnc(Cl)cn2)ccc1C(C)C. The molecule has 100 valence electrons. The monoisotopic (exact) mass is 276 g/mol. The third-order valence-electron chi connectivity index (χ3n) is 2.92. The lowest BCUT2D eigenvalue weighted by Gasteiger charge is -2.12. The molecule has 4 heteroatoms. The molecular formula is C15H17ClN2O. The van der Waals surface area contributed by atoms with Crippen molar-refractivity contribution >= 4 is 11.6 Å². The number of benzene rings is 1. The Morgan fingerprint density at radius 3 is 2.58 bits per heavy atom. The first-order chi connectivity index (χ1) is 9.06. The molecule has 0 atom stereocenters. The Balaban J connectivity index is 2.04. The van der Waals surface area contributed by atoms with Crippen molar-refractivity contribution in [2.75, 3.05) is 0 Å². The predicted octanol–water partition coefficient (Wildman–Crippen LogP) is 4.14. The molecule has 0 aliphatic carbocycles. The van der Waals surface area contributed by atoms with Crippen molar-refractivity contribution in [3.63, 3.8) is 0 Å². The minimum absolute atomic E-state index is 0.390. The van der Waals surface area contributed by atoms with Crippen LogP contribution in [-0.2, 0) is 6.61 Å². The van der Waals surface area contributed by atoms with Crippen LogP contribution in [0.15, 0.2) is 30.6 Å². The molecule has 0 amide bonds. The number of rotatable bonds is 4. The first kappa shape index (κ1) is 13.8. The van der Waals surface area contributed by atoms with E-state index in [2.05, 4.69) is 42.9 Å². The summed E-state index contributed by atoms with van der Waals surface area (Å²) >= 11 is 5.68. The molecule has 19 heavy (non-hydrogen) atoms.